The number of carbonyl (C=O) groups is 2. The highest BCUT2D eigenvalue weighted by Gasteiger charge is 2.33. The summed E-state index contributed by atoms with van der Waals surface area (Å²) in [5, 5.41) is 3.87. The van der Waals surface area contributed by atoms with Crippen LogP contribution in [-0.4, -0.2) is 50.5 Å². The molecule has 3 aromatic carbocycles. The van der Waals surface area contributed by atoms with Crippen molar-refractivity contribution < 1.29 is 18.0 Å². The Morgan fingerprint density at radius 3 is 2.21 bits per heavy atom. The minimum absolute atomic E-state index is 0.0460. The summed E-state index contributed by atoms with van der Waals surface area (Å²) in [5.41, 5.74) is 2.29. The summed E-state index contributed by atoms with van der Waals surface area (Å²) in [7, 11) is -3.90. The van der Waals surface area contributed by atoms with E-state index in [4.69, 9.17) is 34.8 Å². The molecule has 1 N–H and O–H groups in total. The van der Waals surface area contributed by atoms with Gasteiger partial charge in [0.1, 0.15) is 12.6 Å². The molecule has 2 amide bonds. The summed E-state index contributed by atoms with van der Waals surface area (Å²) < 4.78 is 26.8. The number of aryl methyl sites for hydroxylation is 1. The van der Waals surface area contributed by atoms with E-state index in [9.17, 15) is 18.0 Å². The lowest BCUT2D eigenvalue weighted by atomic mass is 10.0. The molecule has 0 fully saturated rings. The van der Waals surface area contributed by atoms with Crippen molar-refractivity contribution >= 4 is 62.3 Å². The zero-order valence-corrected chi connectivity index (χ0v) is 24.9. The van der Waals surface area contributed by atoms with Gasteiger partial charge >= 0.3 is 0 Å². The zero-order valence-electron chi connectivity index (χ0n) is 21.8. The van der Waals surface area contributed by atoms with Crippen LogP contribution in [0.4, 0.5) is 5.69 Å². The minimum Gasteiger partial charge on any atom is -0.355 e. The molecular weight excluding hydrogens is 581 g/mol. The first-order valence-electron chi connectivity index (χ1n) is 12.2. The van der Waals surface area contributed by atoms with Crippen molar-refractivity contribution in [1.82, 2.24) is 10.2 Å². The molecule has 0 aliphatic rings. The second kappa shape index (κ2) is 13.5. The number of likely N-dealkylation sites (N-methyl/N-ethyl adjacent to an activating group) is 1. The number of nitrogens with one attached hydrogen (secondary N) is 1. The molecule has 3 rings (SSSR count). The van der Waals surface area contributed by atoms with Gasteiger partial charge in [0.2, 0.25) is 21.8 Å². The van der Waals surface area contributed by atoms with Crippen LogP contribution in [0.25, 0.3) is 0 Å². The fourth-order valence-electron chi connectivity index (χ4n) is 4.13. The first kappa shape index (κ1) is 30.8. The van der Waals surface area contributed by atoms with E-state index < -0.39 is 28.5 Å². The van der Waals surface area contributed by atoms with Crippen LogP contribution in [0, 0.1) is 6.92 Å². The normalized spacial score (nSPS) is 12.1. The summed E-state index contributed by atoms with van der Waals surface area (Å²) in [4.78, 5) is 28.8. The Morgan fingerprint density at radius 2 is 1.59 bits per heavy atom. The SMILES string of the molecule is CCNC(=O)[C@H](Cc1ccccc1)N(Cc1ccc(Cl)cc1Cl)C(=O)CN(c1cc(Cl)ccc1C)S(C)(=O)=O. The lowest BCUT2D eigenvalue weighted by molar-refractivity contribution is -0.140. The van der Waals surface area contributed by atoms with E-state index in [-0.39, 0.29) is 24.6 Å². The van der Waals surface area contributed by atoms with Gasteiger partial charge in [0, 0.05) is 34.6 Å². The molecule has 0 unspecified atom stereocenters. The molecule has 1 atom stereocenters. The van der Waals surface area contributed by atoms with E-state index in [1.54, 1.807) is 44.2 Å². The molecule has 0 saturated carbocycles. The predicted molar refractivity (Wildman–Crippen MR) is 158 cm³/mol. The van der Waals surface area contributed by atoms with E-state index in [1.165, 1.54) is 11.0 Å². The molecule has 7 nitrogen and oxygen atoms in total. The van der Waals surface area contributed by atoms with Gasteiger partial charge in [-0.3, -0.25) is 13.9 Å². The minimum atomic E-state index is -3.90. The number of anilines is 1. The topological polar surface area (TPSA) is 86.8 Å². The Hall–Kier alpha value is -2.78. The molecule has 39 heavy (non-hydrogen) atoms. The van der Waals surface area contributed by atoms with Crippen molar-refractivity contribution in [2.24, 2.45) is 0 Å². The second-order valence-electron chi connectivity index (χ2n) is 9.06. The van der Waals surface area contributed by atoms with Crippen LogP contribution in [-0.2, 0) is 32.6 Å². The van der Waals surface area contributed by atoms with Crippen molar-refractivity contribution in [2.75, 3.05) is 23.7 Å². The lowest BCUT2D eigenvalue weighted by Gasteiger charge is -2.34. The summed E-state index contributed by atoms with van der Waals surface area (Å²) in [5.74, 6) is -0.956. The number of sulfonamides is 1. The number of amides is 2. The van der Waals surface area contributed by atoms with Crippen LogP contribution < -0.4 is 9.62 Å². The maximum absolute atomic E-state index is 14.0. The van der Waals surface area contributed by atoms with E-state index in [0.717, 1.165) is 16.1 Å². The molecule has 0 bridgehead atoms. The van der Waals surface area contributed by atoms with Crippen molar-refractivity contribution in [3.05, 3.63) is 98.5 Å². The standard InChI is InChI=1S/C28H30Cl3N3O4S/c1-4-32-28(36)26(14-20-8-6-5-7-9-20)33(17-21-11-13-22(29)15-24(21)31)27(35)18-34(39(3,37)38)25-16-23(30)12-10-19(25)2/h5-13,15-16,26H,4,14,17-18H2,1-3H3,(H,32,36)/t26-/m0/s1. The molecular formula is C28H30Cl3N3O4S. The molecule has 0 aliphatic carbocycles. The molecule has 0 saturated heterocycles. The summed E-state index contributed by atoms with van der Waals surface area (Å²) in [6, 6.07) is 18.0. The van der Waals surface area contributed by atoms with E-state index in [0.29, 0.717) is 32.7 Å². The predicted octanol–water partition coefficient (Wildman–Crippen LogP) is 5.50. The Bertz CT molecular complexity index is 1440. The fourth-order valence-corrected chi connectivity index (χ4v) is 5.66. The van der Waals surface area contributed by atoms with Gasteiger partial charge in [-0.1, -0.05) is 77.3 Å². The average Bonchev–Trinajstić information content (AvgIpc) is 2.87. The highest BCUT2D eigenvalue weighted by atomic mass is 35.5. The van der Waals surface area contributed by atoms with Gasteiger partial charge in [0.15, 0.2) is 0 Å². The number of halogens is 3. The molecule has 0 aliphatic heterocycles. The van der Waals surface area contributed by atoms with Crippen molar-refractivity contribution in [3.8, 4) is 0 Å². The number of nitrogens with zero attached hydrogens (tertiary/aromatic N) is 2. The summed E-state index contributed by atoms with van der Waals surface area (Å²) in [6.45, 7) is 3.27. The monoisotopic (exact) mass is 609 g/mol. The van der Waals surface area contributed by atoms with Gasteiger partial charge in [-0.2, -0.15) is 0 Å². The van der Waals surface area contributed by atoms with Gasteiger partial charge < -0.3 is 10.2 Å². The maximum Gasteiger partial charge on any atom is 0.244 e. The molecule has 0 spiro atoms. The Labute approximate surface area is 244 Å². The van der Waals surface area contributed by atoms with Crippen LogP contribution in [0.15, 0.2) is 66.7 Å². The average molecular weight is 611 g/mol. The third-order valence-corrected chi connectivity index (χ3v) is 8.05. The van der Waals surface area contributed by atoms with Crippen molar-refractivity contribution in [2.45, 2.75) is 32.9 Å². The largest absolute Gasteiger partial charge is 0.355 e. The highest BCUT2D eigenvalue weighted by Crippen LogP contribution is 2.28. The number of hydrogen-bond donors (Lipinski definition) is 1. The number of benzene rings is 3. The van der Waals surface area contributed by atoms with Crippen molar-refractivity contribution in [1.29, 1.82) is 0 Å². The number of hydrogen-bond acceptors (Lipinski definition) is 4. The van der Waals surface area contributed by atoms with Crippen molar-refractivity contribution in [3.63, 3.8) is 0 Å². The highest BCUT2D eigenvalue weighted by molar-refractivity contribution is 7.92. The van der Waals surface area contributed by atoms with E-state index >= 15 is 0 Å². The number of rotatable bonds is 11. The van der Waals surface area contributed by atoms with Crippen LogP contribution in [0.3, 0.4) is 0 Å². The quantitative estimate of drug-likeness (QED) is 0.311. The number of carbonyl (C=O) groups excluding carboxylic acids is 2. The van der Waals surface area contributed by atoms with Gasteiger partial charge in [0.05, 0.1) is 11.9 Å². The molecule has 11 heteroatoms. The zero-order chi connectivity index (χ0) is 28.7. The third-order valence-electron chi connectivity index (χ3n) is 6.10. The van der Waals surface area contributed by atoms with Gasteiger partial charge in [0.25, 0.3) is 0 Å². The molecule has 208 valence electrons. The summed E-state index contributed by atoms with van der Waals surface area (Å²) in [6.07, 6.45) is 1.23. The third kappa shape index (κ3) is 8.35. The Kier molecular flexibility index (Phi) is 10.7. The second-order valence-corrected chi connectivity index (χ2v) is 12.2. The van der Waals surface area contributed by atoms with Crippen LogP contribution in [0.1, 0.15) is 23.6 Å². The van der Waals surface area contributed by atoms with Gasteiger partial charge in [-0.05, 0) is 54.8 Å². The molecule has 0 radical (unpaired) electrons. The summed E-state index contributed by atoms with van der Waals surface area (Å²) >= 11 is 18.7. The maximum atomic E-state index is 14.0. The first-order chi connectivity index (χ1) is 18.4. The van der Waals surface area contributed by atoms with Crippen LogP contribution in [0.2, 0.25) is 15.1 Å². The fraction of sp³-hybridized carbons (Fsp3) is 0.286. The Balaban J connectivity index is 2.09. The molecule has 0 heterocycles. The molecule has 0 aromatic heterocycles. The Morgan fingerprint density at radius 1 is 0.949 bits per heavy atom. The van der Waals surface area contributed by atoms with Crippen LogP contribution in [0.5, 0.6) is 0 Å². The molecule has 3 aromatic rings. The smallest absolute Gasteiger partial charge is 0.244 e. The van der Waals surface area contributed by atoms with E-state index in [1.807, 2.05) is 30.3 Å². The lowest BCUT2D eigenvalue weighted by Crippen LogP contribution is -2.53. The van der Waals surface area contributed by atoms with Gasteiger partial charge in [-0.15, -0.1) is 0 Å². The van der Waals surface area contributed by atoms with Gasteiger partial charge in [-0.25, -0.2) is 8.42 Å². The van der Waals surface area contributed by atoms with E-state index in [2.05, 4.69) is 5.32 Å². The first-order valence-corrected chi connectivity index (χ1v) is 15.2. The van der Waals surface area contributed by atoms with Crippen LogP contribution >= 0.6 is 34.8 Å².